The van der Waals surface area contributed by atoms with Gasteiger partial charge in [-0.3, -0.25) is 4.79 Å². The largest absolute Gasteiger partial charge is 0.370 e. The van der Waals surface area contributed by atoms with Crippen LogP contribution in [0.1, 0.15) is 23.7 Å². The van der Waals surface area contributed by atoms with E-state index in [4.69, 9.17) is 0 Å². The summed E-state index contributed by atoms with van der Waals surface area (Å²) >= 11 is 0. The highest BCUT2D eigenvalue weighted by molar-refractivity contribution is 5.76. The molecule has 2 atom stereocenters. The third kappa shape index (κ3) is 4.39. The number of rotatable bonds is 6. The Morgan fingerprint density at radius 1 is 1.40 bits per heavy atom. The molecule has 6 nitrogen and oxygen atoms in total. The Morgan fingerprint density at radius 2 is 2.16 bits per heavy atom. The van der Waals surface area contributed by atoms with Crippen LogP contribution >= 0.6 is 0 Å². The molecule has 25 heavy (non-hydrogen) atoms. The van der Waals surface area contributed by atoms with Crippen molar-refractivity contribution in [2.45, 2.75) is 25.9 Å². The molecule has 0 spiro atoms. The average molecular weight is 341 g/mol. The first kappa shape index (κ1) is 17.5. The van der Waals surface area contributed by atoms with E-state index in [0.29, 0.717) is 12.3 Å². The lowest BCUT2D eigenvalue weighted by Gasteiger charge is -2.28. The molecule has 0 aliphatic carbocycles. The molecule has 134 valence electrons. The fourth-order valence-electron chi connectivity index (χ4n) is 3.18. The second-order valence-electron chi connectivity index (χ2n) is 6.96. The summed E-state index contributed by atoms with van der Waals surface area (Å²) in [7, 11) is 3.61. The Bertz CT molecular complexity index is 710. The minimum Gasteiger partial charge on any atom is -0.370 e. The molecule has 6 heteroatoms. The molecule has 2 unspecified atom stereocenters. The lowest BCUT2D eigenvalue weighted by molar-refractivity contribution is -0.129. The summed E-state index contributed by atoms with van der Waals surface area (Å²) < 4.78 is 2.04. The van der Waals surface area contributed by atoms with Crippen molar-refractivity contribution in [3.05, 3.63) is 47.7 Å². The number of hydrogen-bond donors (Lipinski definition) is 2. The van der Waals surface area contributed by atoms with Crippen LogP contribution in [0.2, 0.25) is 0 Å². The van der Waals surface area contributed by atoms with Crippen LogP contribution in [0.25, 0.3) is 0 Å². The predicted molar refractivity (Wildman–Crippen MR) is 99.4 cm³/mol. The number of aromatic nitrogens is 2. The number of carbonyl (C=O) groups is 1. The van der Waals surface area contributed by atoms with Crippen molar-refractivity contribution in [1.82, 2.24) is 20.0 Å². The second kappa shape index (κ2) is 7.70. The van der Waals surface area contributed by atoms with Crippen LogP contribution in [-0.4, -0.2) is 47.8 Å². The van der Waals surface area contributed by atoms with Gasteiger partial charge in [0.1, 0.15) is 5.82 Å². The van der Waals surface area contributed by atoms with Gasteiger partial charge in [0.25, 0.3) is 0 Å². The van der Waals surface area contributed by atoms with Crippen molar-refractivity contribution >= 4 is 11.7 Å². The van der Waals surface area contributed by atoms with E-state index in [1.165, 1.54) is 0 Å². The molecule has 2 aromatic rings. The van der Waals surface area contributed by atoms with Gasteiger partial charge >= 0.3 is 0 Å². The summed E-state index contributed by atoms with van der Waals surface area (Å²) in [5.74, 6) is 1.66. The van der Waals surface area contributed by atoms with Crippen molar-refractivity contribution in [1.29, 1.82) is 0 Å². The molecule has 1 aromatic heterocycles. The Labute approximate surface area is 149 Å². The van der Waals surface area contributed by atoms with Crippen molar-refractivity contribution < 1.29 is 4.79 Å². The number of hydrogen-bond acceptors (Lipinski definition) is 4. The van der Waals surface area contributed by atoms with Crippen molar-refractivity contribution in [3.63, 3.8) is 0 Å². The van der Waals surface area contributed by atoms with Crippen LogP contribution in [0.3, 0.4) is 0 Å². The van der Waals surface area contributed by atoms with E-state index >= 15 is 0 Å². The first-order valence-corrected chi connectivity index (χ1v) is 8.79. The molecule has 3 rings (SSSR count). The SMILES string of the molecule is Cc1cc2n(n1)CC(CNC(CC(=O)N(C)C)c1ccccc1)CN2. The van der Waals surface area contributed by atoms with Gasteiger partial charge in [-0.1, -0.05) is 30.3 Å². The van der Waals surface area contributed by atoms with Crippen molar-refractivity contribution in [2.75, 3.05) is 32.5 Å². The lowest BCUT2D eigenvalue weighted by Crippen LogP contribution is -2.38. The van der Waals surface area contributed by atoms with Gasteiger partial charge in [0.15, 0.2) is 0 Å². The molecule has 0 saturated carbocycles. The van der Waals surface area contributed by atoms with Gasteiger partial charge in [-0.15, -0.1) is 0 Å². The molecule has 0 fully saturated rings. The lowest BCUT2D eigenvalue weighted by atomic mass is 10.0. The Hall–Kier alpha value is -2.34. The molecule has 1 aromatic carbocycles. The molecular weight excluding hydrogens is 314 g/mol. The first-order valence-electron chi connectivity index (χ1n) is 8.79. The zero-order valence-electron chi connectivity index (χ0n) is 15.2. The maximum absolute atomic E-state index is 12.2. The van der Waals surface area contributed by atoms with Gasteiger partial charge in [-0.05, 0) is 12.5 Å². The van der Waals surface area contributed by atoms with Gasteiger partial charge in [0, 0.05) is 58.2 Å². The van der Waals surface area contributed by atoms with Gasteiger partial charge < -0.3 is 15.5 Å². The van der Waals surface area contributed by atoms with Crippen LogP contribution in [0.4, 0.5) is 5.82 Å². The van der Waals surface area contributed by atoms with Crippen molar-refractivity contribution in [3.8, 4) is 0 Å². The fourth-order valence-corrected chi connectivity index (χ4v) is 3.18. The molecule has 2 heterocycles. The number of fused-ring (bicyclic) bond motifs is 1. The van der Waals surface area contributed by atoms with E-state index in [1.807, 2.05) is 29.8 Å². The summed E-state index contributed by atoms with van der Waals surface area (Å²) in [6.07, 6.45) is 0.462. The Kier molecular flexibility index (Phi) is 5.38. The van der Waals surface area contributed by atoms with E-state index in [2.05, 4.69) is 33.9 Å². The van der Waals surface area contributed by atoms with E-state index in [0.717, 1.165) is 36.7 Å². The van der Waals surface area contributed by atoms with Gasteiger partial charge in [0.05, 0.1) is 5.69 Å². The first-order chi connectivity index (χ1) is 12.0. The fraction of sp³-hybridized carbons (Fsp3) is 0.474. The van der Waals surface area contributed by atoms with Gasteiger partial charge in [0.2, 0.25) is 5.91 Å². The predicted octanol–water partition coefficient (Wildman–Crippen LogP) is 2.04. The normalized spacial score (nSPS) is 17.5. The van der Waals surface area contributed by atoms with E-state index in [1.54, 1.807) is 19.0 Å². The van der Waals surface area contributed by atoms with Gasteiger partial charge in [-0.25, -0.2) is 4.68 Å². The number of benzene rings is 1. The molecular formula is C19H27N5O. The van der Waals surface area contributed by atoms with E-state index in [9.17, 15) is 4.79 Å². The number of amides is 1. The Balaban J connectivity index is 1.63. The summed E-state index contributed by atoms with van der Waals surface area (Å²) in [6, 6.07) is 12.3. The van der Waals surface area contributed by atoms with Crippen LogP contribution < -0.4 is 10.6 Å². The maximum Gasteiger partial charge on any atom is 0.223 e. The monoisotopic (exact) mass is 341 g/mol. The summed E-state index contributed by atoms with van der Waals surface area (Å²) in [5.41, 5.74) is 2.19. The Morgan fingerprint density at radius 3 is 2.88 bits per heavy atom. The zero-order chi connectivity index (χ0) is 17.8. The highest BCUT2D eigenvalue weighted by Gasteiger charge is 2.22. The molecule has 1 aliphatic heterocycles. The number of nitrogens with one attached hydrogen (secondary N) is 2. The van der Waals surface area contributed by atoms with Crippen LogP contribution in [0, 0.1) is 12.8 Å². The third-order valence-electron chi connectivity index (χ3n) is 4.64. The summed E-state index contributed by atoms with van der Waals surface area (Å²) in [5, 5.41) is 11.6. The molecule has 0 bridgehead atoms. The zero-order valence-corrected chi connectivity index (χ0v) is 15.2. The molecule has 0 radical (unpaired) electrons. The van der Waals surface area contributed by atoms with E-state index in [-0.39, 0.29) is 11.9 Å². The highest BCUT2D eigenvalue weighted by Crippen LogP contribution is 2.21. The van der Waals surface area contributed by atoms with E-state index < -0.39 is 0 Å². The van der Waals surface area contributed by atoms with Crippen LogP contribution in [0.5, 0.6) is 0 Å². The average Bonchev–Trinajstić information content (AvgIpc) is 2.98. The number of nitrogens with zero attached hydrogens (tertiary/aromatic N) is 3. The molecule has 0 saturated heterocycles. The molecule has 2 N–H and O–H groups in total. The number of carbonyl (C=O) groups excluding carboxylic acids is 1. The second-order valence-corrected chi connectivity index (χ2v) is 6.96. The highest BCUT2D eigenvalue weighted by atomic mass is 16.2. The van der Waals surface area contributed by atoms with Crippen LogP contribution in [0.15, 0.2) is 36.4 Å². The molecule has 1 amide bonds. The third-order valence-corrected chi connectivity index (χ3v) is 4.64. The quantitative estimate of drug-likeness (QED) is 0.844. The van der Waals surface area contributed by atoms with Gasteiger partial charge in [-0.2, -0.15) is 5.10 Å². The summed E-state index contributed by atoms with van der Waals surface area (Å²) in [6.45, 7) is 4.66. The maximum atomic E-state index is 12.2. The molecule has 1 aliphatic rings. The summed E-state index contributed by atoms with van der Waals surface area (Å²) in [4.78, 5) is 13.9. The minimum absolute atomic E-state index is 0.0249. The number of aryl methyl sites for hydroxylation is 1. The minimum atomic E-state index is 0.0249. The number of anilines is 1. The standard InChI is InChI=1S/C19H27N5O/c1-14-9-18-21-12-15(13-24(18)22-14)11-20-17(10-19(25)23(2)3)16-7-5-4-6-8-16/h4-9,15,17,20-21H,10-13H2,1-3H3. The van der Waals surface area contributed by atoms with Crippen molar-refractivity contribution in [2.24, 2.45) is 5.92 Å². The topological polar surface area (TPSA) is 62.2 Å². The van der Waals surface area contributed by atoms with Crippen LogP contribution in [-0.2, 0) is 11.3 Å². The smallest absolute Gasteiger partial charge is 0.223 e.